The van der Waals surface area contributed by atoms with Crippen molar-refractivity contribution in [3.8, 4) is 22.6 Å². The fourth-order valence-electron chi connectivity index (χ4n) is 2.54. The molecule has 0 aliphatic carbocycles. The molecule has 0 N–H and O–H groups in total. The van der Waals surface area contributed by atoms with Gasteiger partial charge in [0.05, 0.1) is 0 Å². The Hall–Kier alpha value is -2.29. The fourth-order valence-corrected chi connectivity index (χ4v) is 2.54. The van der Waals surface area contributed by atoms with Gasteiger partial charge in [0.15, 0.2) is 11.5 Å². The second-order valence-corrected chi connectivity index (χ2v) is 6.18. The Bertz CT molecular complexity index is 669. The van der Waals surface area contributed by atoms with Gasteiger partial charge in [0, 0.05) is 11.1 Å². The van der Waals surface area contributed by atoms with E-state index in [4.69, 9.17) is 9.47 Å². The maximum absolute atomic E-state index is 11.0. The molecule has 0 saturated heterocycles. The number of fused-ring (bicyclic) bond motifs is 1. The highest BCUT2D eigenvalue weighted by atomic mass is 16.7. The summed E-state index contributed by atoms with van der Waals surface area (Å²) in [6.07, 6.45) is -0.174. The summed E-state index contributed by atoms with van der Waals surface area (Å²) in [5.74, 6) is 1.34. The zero-order valence-corrected chi connectivity index (χ0v) is 12.4. The number of carbonyl (C=O) groups is 1. The van der Waals surface area contributed by atoms with Crippen LogP contribution in [-0.2, 0) is 10.2 Å². The van der Waals surface area contributed by atoms with Crippen LogP contribution in [0.2, 0.25) is 0 Å². The van der Waals surface area contributed by atoms with Gasteiger partial charge in [-0.2, -0.15) is 0 Å². The predicted molar refractivity (Wildman–Crippen MR) is 81.7 cm³/mol. The predicted octanol–water partition coefficient (Wildman–Crippen LogP) is 3.95. The summed E-state index contributed by atoms with van der Waals surface area (Å²) in [4.78, 5) is 11.0. The van der Waals surface area contributed by atoms with Crippen LogP contribution in [-0.4, -0.2) is 12.6 Å². The van der Waals surface area contributed by atoms with Crippen molar-refractivity contribution in [2.75, 3.05) is 0 Å². The highest BCUT2D eigenvalue weighted by Crippen LogP contribution is 2.48. The van der Waals surface area contributed by atoms with Gasteiger partial charge in [0.25, 0.3) is 6.29 Å². The summed E-state index contributed by atoms with van der Waals surface area (Å²) in [6, 6.07) is 14.1. The van der Waals surface area contributed by atoms with Crippen LogP contribution in [0.5, 0.6) is 11.5 Å². The van der Waals surface area contributed by atoms with E-state index in [2.05, 4.69) is 26.8 Å². The van der Waals surface area contributed by atoms with Gasteiger partial charge in [-0.05, 0) is 11.0 Å². The number of aldehydes is 1. The standard InChI is InChI=1S/C18H18O3/c1-18(2,3)14-10-9-13(12-7-5-4-6-8-12)16-17(14)21-15(11-19)20-16/h4-11,15H,1-3H3. The first-order valence-electron chi connectivity index (χ1n) is 7.02. The molecule has 0 amide bonds. The summed E-state index contributed by atoms with van der Waals surface area (Å²) in [5, 5.41) is 0. The first-order chi connectivity index (χ1) is 10.0. The van der Waals surface area contributed by atoms with Crippen molar-refractivity contribution in [1.29, 1.82) is 0 Å². The number of ether oxygens (including phenoxy) is 2. The normalized spacial score (nSPS) is 16.8. The van der Waals surface area contributed by atoms with Gasteiger partial charge in [-0.25, -0.2) is 0 Å². The molecule has 1 heterocycles. The lowest BCUT2D eigenvalue weighted by Gasteiger charge is -2.21. The third-order valence-electron chi connectivity index (χ3n) is 3.58. The summed E-state index contributed by atoms with van der Waals surface area (Å²) in [7, 11) is 0. The van der Waals surface area contributed by atoms with Crippen molar-refractivity contribution in [1.82, 2.24) is 0 Å². The molecule has 1 aliphatic rings. The largest absolute Gasteiger partial charge is 0.444 e. The lowest BCUT2D eigenvalue weighted by atomic mass is 9.85. The molecule has 0 aromatic heterocycles. The van der Waals surface area contributed by atoms with E-state index in [1.54, 1.807) is 0 Å². The number of benzene rings is 2. The molecule has 0 saturated carbocycles. The van der Waals surface area contributed by atoms with Crippen LogP contribution in [0.15, 0.2) is 42.5 Å². The topological polar surface area (TPSA) is 35.5 Å². The molecule has 3 heteroatoms. The van der Waals surface area contributed by atoms with Crippen LogP contribution >= 0.6 is 0 Å². The maximum atomic E-state index is 11.0. The van der Waals surface area contributed by atoms with Gasteiger partial charge in [-0.3, -0.25) is 4.79 Å². The Morgan fingerprint density at radius 2 is 1.62 bits per heavy atom. The third kappa shape index (κ3) is 2.40. The SMILES string of the molecule is CC(C)(C)c1ccc(-c2ccccc2)c2c1OC(C=O)O2. The molecule has 21 heavy (non-hydrogen) atoms. The van der Waals surface area contributed by atoms with Gasteiger partial charge in [0.2, 0.25) is 6.29 Å². The van der Waals surface area contributed by atoms with E-state index in [1.807, 2.05) is 36.4 Å². The van der Waals surface area contributed by atoms with Crippen molar-refractivity contribution in [3.05, 3.63) is 48.0 Å². The molecule has 3 nitrogen and oxygen atoms in total. The maximum Gasteiger partial charge on any atom is 0.298 e. The average molecular weight is 282 g/mol. The molecule has 108 valence electrons. The summed E-state index contributed by atoms with van der Waals surface area (Å²) in [5.41, 5.74) is 2.95. The van der Waals surface area contributed by atoms with E-state index in [0.717, 1.165) is 16.7 Å². The van der Waals surface area contributed by atoms with E-state index in [1.165, 1.54) is 0 Å². The zero-order valence-electron chi connectivity index (χ0n) is 12.4. The van der Waals surface area contributed by atoms with Crippen LogP contribution in [0.3, 0.4) is 0 Å². The minimum absolute atomic E-state index is 0.0829. The van der Waals surface area contributed by atoms with Gasteiger partial charge < -0.3 is 9.47 Å². The first kappa shape index (κ1) is 13.7. The van der Waals surface area contributed by atoms with Crippen molar-refractivity contribution >= 4 is 6.29 Å². The minimum atomic E-state index is -0.856. The zero-order chi connectivity index (χ0) is 15.0. The molecule has 0 bridgehead atoms. The summed E-state index contributed by atoms with van der Waals surface area (Å²) >= 11 is 0. The molecule has 0 spiro atoms. The number of rotatable bonds is 2. The summed E-state index contributed by atoms with van der Waals surface area (Å²) in [6.45, 7) is 6.34. The summed E-state index contributed by atoms with van der Waals surface area (Å²) < 4.78 is 11.4. The van der Waals surface area contributed by atoms with Crippen LogP contribution in [0.1, 0.15) is 26.3 Å². The van der Waals surface area contributed by atoms with E-state index in [-0.39, 0.29) is 5.41 Å². The van der Waals surface area contributed by atoms with E-state index in [9.17, 15) is 4.79 Å². The molecule has 0 radical (unpaired) electrons. The first-order valence-corrected chi connectivity index (χ1v) is 7.02. The van der Waals surface area contributed by atoms with Crippen LogP contribution < -0.4 is 9.47 Å². The second kappa shape index (κ2) is 4.92. The van der Waals surface area contributed by atoms with Gasteiger partial charge >= 0.3 is 0 Å². The van der Waals surface area contributed by atoms with Crippen molar-refractivity contribution < 1.29 is 14.3 Å². The number of hydrogen-bond donors (Lipinski definition) is 0. The molecule has 1 atom stereocenters. The average Bonchev–Trinajstić information content (AvgIpc) is 2.90. The van der Waals surface area contributed by atoms with Crippen LogP contribution in [0, 0.1) is 0 Å². The Balaban J connectivity index is 2.18. The van der Waals surface area contributed by atoms with Crippen molar-refractivity contribution in [2.24, 2.45) is 0 Å². The van der Waals surface area contributed by atoms with Crippen molar-refractivity contribution in [3.63, 3.8) is 0 Å². The molecule has 3 rings (SSSR count). The number of carbonyl (C=O) groups excluding carboxylic acids is 1. The lowest BCUT2D eigenvalue weighted by Crippen LogP contribution is -2.20. The molecular weight excluding hydrogens is 264 g/mol. The van der Waals surface area contributed by atoms with Gasteiger partial charge in [0.1, 0.15) is 0 Å². The van der Waals surface area contributed by atoms with E-state index in [0.29, 0.717) is 17.8 Å². The highest BCUT2D eigenvalue weighted by Gasteiger charge is 2.33. The lowest BCUT2D eigenvalue weighted by molar-refractivity contribution is -0.121. The Morgan fingerprint density at radius 1 is 0.952 bits per heavy atom. The molecule has 1 aliphatic heterocycles. The van der Waals surface area contributed by atoms with Crippen LogP contribution in [0.25, 0.3) is 11.1 Å². The van der Waals surface area contributed by atoms with Crippen LogP contribution in [0.4, 0.5) is 0 Å². The third-order valence-corrected chi connectivity index (χ3v) is 3.58. The van der Waals surface area contributed by atoms with Gasteiger partial charge in [-0.15, -0.1) is 0 Å². The van der Waals surface area contributed by atoms with Crippen molar-refractivity contribution in [2.45, 2.75) is 32.5 Å². The second-order valence-electron chi connectivity index (χ2n) is 6.18. The molecule has 2 aromatic rings. The molecule has 0 fully saturated rings. The fraction of sp³-hybridized carbons (Fsp3) is 0.278. The molecule has 1 unspecified atom stereocenters. The Labute approximate surface area is 124 Å². The Kier molecular flexibility index (Phi) is 3.20. The highest BCUT2D eigenvalue weighted by molar-refractivity contribution is 5.77. The van der Waals surface area contributed by atoms with E-state index >= 15 is 0 Å². The Morgan fingerprint density at radius 3 is 2.24 bits per heavy atom. The quantitative estimate of drug-likeness (QED) is 0.782. The monoisotopic (exact) mass is 282 g/mol. The smallest absolute Gasteiger partial charge is 0.298 e. The number of hydrogen-bond acceptors (Lipinski definition) is 3. The molecular formula is C18H18O3. The molecule has 2 aromatic carbocycles. The minimum Gasteiger partial charge on any atom is -0.444 e. The van der Waals surface area contributed by atoms with E-state index < -0.39 is 6.29 Å². The van der Waals surface area contributed by atoms with Gasteiger partial charge in [-0.1, -0.05) is 63.2 Å².